The minimum absolute atomic E-state index is 0. The fourth-order valence-corrected chi connectivity index (χ4v) is 4.78. The maximum absolute atomic E-state index is 8.25. The van der Waals surface area contributed by atoms with Crippen LogP contribution in [-0.2, 0) is 0 Å². The van der Waals surface area contributed by atoms with Gasteiger partial charge in [-0.15, -0.1) is 0 Å². The number of azide groups is 1. The average Bonchev–Trinajstić information content (AvgIpc) is 3.07. The zero-order chi connectivity index (χ0) is 30.8. The van der Waals surface area contributed by atoms with Gasteiger partial charge in [0.25, 0.3) is 0 Å². The summed E-state index contributed by atoms with van der Waals surface area (Å²) in [5, 5.41) is 4.65. The monoisotopic (exact) mass is 670 g/mol. The smallest absolute Gasteiger partial charge is 0.373 e. The molecule has 0 atom stereocenters. The summed E-state index contributed by atoms with van der Waals surface area (Å²) in [4.78, 5) is 4.27. The van der Waals surface area contributed by atoms with E-state index in [1.54, 1.807) is 0 Å². The van der Waals surface area contributed by atoms with Crippen LogP contribution in [0.1, 0.15) is 62.2 Å². The van der Waals surface area contributed by atoms with E-state index in [-0.39, 0.29) is 39.4 Å². The van der Waals surface area contributed by atoms with E-state index >= 15 is 0 Å². The standard InChI is InChI=1S/C18H19Br.C18H19N3.B.N3.Na.H2/c19-15-9-3-8-14-18(16-10-4-1-5-11-16)17-12-6-2-7-13-17;19-21-20-15-9-3-8-14-18(16-10-4-1-5-11-16)17-12-6-2-7-13-17;;1-3-2;;/h1-2,4-7,10-14H,3,8-9,15H2;1-2,4-7,10-14H,3,8-9,15H2;;;;1H/q;;;-1;+1;/i;;;;;1+1. The summed E-state index contributed by atoms with van der Waals surface area (Å²) in [6.07, 6.45) is 11.2. The number of rotatable bonds is 13. The molecular weight excluding hydrogens is 630 g/mol. The molecule has 0 aliphatic heterocycles. The fourth-order valence-electron chi connectivity index (χ4n) is 4.38. The molecule has 225 valence electrons. The van der Waals surface area contributed by atoms with Gasteiger partial charge in [-0.05, 0) is 77.5 Å². The molecule has 0 amide bonds. The summed E-state index contributed by atoms with van der Waals surface area (Å²) >= 11 is 3.49. The van der Waals surface area contributed by atoms with Gasteiger partial charge in [0.15, 0.2) is 0 Å². The predicted molar refractivity (Wildman–Crippen MR) is 193 cm³/mol. The van der Waals surface area contributed by atoms with Crippen LogP contribution in [0.5, 0.6) is 0 Å². The Kier molecular flexibility index (Phi) is 25.9. The molecule has 0 N–H and O–H groups in total. The Balaban J connectivity index is 0. The number of benzene rings is 4. The van der Waals surface area contributed by atoms with Crippen LogP contribution in [0.3, 0.4) is 0 Å². The van der Waals surface area contributed by atoms with Crippen LogP contribution < -0.4 is 29.6 Å². The van der Waals surface area contributed by atoms with Gasteiger partial charge < -0.3 is 11.1 Å². The molecule has 45 heavy (non-hydrogen) atoms. The van der Waals surface area contributed by atoms with E-state index in [1.165, 1.54) is 51.2 Å². The molecule has 0 aliphatic carbocycles. The number of hydrogen-bond acceptors (Lipinski definition) is 1. The van der Waals surface area contributed by atoms with Crippen molar-refractivity contribution in [3.8, 4) is 0 Å². The zero-order valence-corrected chi connectivity index (χ0v) is 29.6. The van der Waals surface area contributed by atoms with Crippen molar-refractivity contribution in [1.82, 2.24) is 0 Å². The summed E-state index contributed by atoms with van der Waals surface area (Å²) in [5.74, 6) is 0. The average molecular weight is 671 g/mol. The molecule has 4 aromatic carbocycles. The summed E-state index contributed by atoms with van der Waals surface area (Å²) in [6, 6.07) is 42.1. The van der Waals surface area contributed by atoms with E-state index in [2.05, 4.69) is 147 Å². The van der Waals surface area contributed by atoms with Gasteiger partial charge in [0, 0.05) is 26.6 Å². The maximum atomic E-state index is 8.25. The van der Waals surface area contributed by atoms with Crippen LogP contribution in [0.15, 0.2) is 139 Å². The number of nitrogens with zero attached hydrogens (tertiary/aromatic N) is 6. The van der Waals surface area contributed by atoms with Gasteiger partial charge in [0.05, 0.1) is 0 Å². The molecule has 0 heterocycles. The number of halogens is 1. The van der Waals surface area contributed by atoms with Crippen LogP contribution >= 0.6 is 15.9 Å². The minimum atomic E-state index is 0. The van der Waals surface area contributed by atoms with E-state index in [4.69, 9.17) is 16.6 Å². The maximum Gasteiger partial charge on any atom is 1.00 e. The Labute approximate surface area is 302 Å². The Morgan fingerprint density at radius 1 is 0.578 bits per heavy atom. The summed E-state index contributed by atoms with van der Waals surface area (Å²) in [6.45, 7) is 0.580. The van der Waals surface area contributed by atoms with Gasteiger partial charge >= 0.3 is 29.6 Å². The van der Waals surface area contributed by atoms with Crippen molar-refractivity contribution in [1.29, 1.82) is 0 Å². The third-order valence-electron chi connectivity index (χ3n) is 6.40. The van der Waals surface area contributed by atoms with Crippen LogP contribution in [0.4, 0.5) is 0 Å². The molecule has 4 rings (SSSR count). The Morgan fingerprint density at radius 3 is 1.18 bits per heavy atom. The Morgan fingerprint density at radius 2 is 0.889 bits per heavy atom. The van der Waals surface area contributed by atoms with E-state index in [0.29, 0.717) is 6.54 Å². The van der Waals surface area contributed by atoms with Crippen molar-refractivity contribution in [2.45, 2.75) is 38.5 Å². The molecule has 0 saturated carbocycles. The molecule has 0 bridgehead atoms. The van der Waals surface area contributed by atoms with Crippen LogP contribution in [0.2, 0.25) is 0 Å². The Bertz CT molecular complexity index is 1360. The molecule has 3 radical (unpaired) electrons. The normalized spacial score (nSPS) is 9.00. The molecular formula is C36H40BBrN6Na. The molecule has 0 unspecified atom stereocenters. The van der Waals surface area contributed by atoms with Gasteiger partial charge in [0.1, 0.15) is 0 Å². The summed E-state index contributed by atoms with van der Waals surface area (Å²) in [7, 11) is 0. The molecule has 0 spiro atoms. The van der Waals surface area contributed by atoms with Gasteiger partial charge in [0.2, 0.25) is 0 Å². The molecule has 9 heteroatoms. The van der Waals surface area contributed by atoms with Crippen molar-refractivity contribution >= 4 is 35.5 Å². The molecule has 0 aromatic heterocycles. The molecule has 0 aliphatic rings. The first kappa shape index (κ1) is 41.5. The molecule has 0 fully saturated rings. The molecule has 0 saturated heterocycles. The van der Waals surface area contributed by atoms with Crippen molar-refractivity contribution < 1.29 is 31.0 Å². The van der Waals surface area contributed by atoms with E-state index in [1.807, 2.05) is 12.1 Å². The fraction of sp³-hybridized carbons (Fsp3) is 0.222. The molecule has 6 nitrogen and oxygen atoms in total. The third kappa shape index (κ3) is 17.6. The Hall–Kier alpha value is -3.48. The van der Waals surface area contributed by atoms with Crippen LogP contribution in [0.25, 0.3) is 37.6 Å². The first-order chi connectivity index (χ1) is 21.2. The first-order valence-corrected chi connectivity index (χ1v) is 15.5. The first-order valence-electron chi connectivity index (χ1n) is 14.4. The van der Waals surface area contributed by atoms with Gasteiger partial charge in [-0.3, -0.25) is 4.91 Å². The second-order valence-electron chi connectivity index (χ2n) is 9.42. The summed E-state index contributed by atoms with van der Waals surface area (Å²) < 4.78 is 0. The van der Waals surface area contributed by atoms with Crippen molar-refractivity contribution in [3.05, 3.63) is 182 Å². The second kappa shape index (κ2) is 28.0. The number of alkyl halides is 1. The van der Waals surface area contributed by atoms with Crippen molar-refractivity contribution in [2.24, 2.45) is 5.11 Å². The van der Waals surface area contributed by atoms with Gasteiger partial charge in [-0.2, -0.15) is 0 Å². The zero-order valence-electron chi connectivity index (χ0n) is 26.0. The van der Waals surface area contributed by atoms with Gasteiger partial charge in [-0.1, -0.05) is 155 Å². The molecule has 4 aromatic rings. The third-order valence-corrected chi connectivity index (χ3v) is 6.96. The van der Waals surface area contributed by atoms with Crippen LogP contribution in [0, 0.1) is 0 Å². The van der Waals surface area contributed by atoms with Crippen LogP contribution in [-0.4, -0.2) is 20.3 Å². The predicted octanol–water partition coefficient (Wildman–Crippen LogP) is 9.02. The largest absolute Gasteiger partial charge is 1.00 e. The number of unbranched alkanes of at least 4 members (excludes halogenated alkanes) is 4. The van der Waals surface area contributed by atoms with Crippen molar-refractivity contribution in [3.63, 3.8) is 0 Å². The topological polar surface area (TPSA) is 107 Å². The second-order valence-corrected chi connectivity index (χ2v) is 10.2. The van der Waals surface area contributed by atoms with E-state index < -0.39 is 0 Å². The number of hydrogen-bond donors (Lipinski definition) is 0. The SMILES string of the molecule is BrCCCCC=C(c1ccccc1)c1ccccc1.[2HH].[B].[N-]=[N+]=NCCCCC=C(c1ccccc1)c1ccccc1.[N-]=[N+]=[N-].[Na+]. The number of allylic oxidation sites excluding steroid dienone is 2. The quantitative estimate of drug-likeness (QED) is 0.0338. The van der Waals surface area contributed by atoms with Gasteiger partial charge in [-0.25, -0.2) is 0 Å². The minimum Gasteiger partial charge on any atom is -0.373 e. The summed E-state index contributed by atoms with van der Waals surface area (Å²) in [5.41, 5.74) is 29.4. The van der Waals surface area contributed by atoms with Crippen molar-refractivity contribution in [2.75, 3.05) is 11.9 Å². The van der Waals surface area contributed by atoms with E-state index in [0.717, 1.165) is 31.0 Å². The van der Waals surface area contributed by atoms with E-state index in [9.17, 15) is 0 Å².